The van der Waals surface area contributed by atoms with Crippen molar-refractivity contribution in [2.24, 2.45) is 0 Å². The molecule has 2 fully saturated rings. The summed E-state index contributed by atoms with van der Waals surface area (Å²) in [5, 5.41) is 12.0. The standard InChI is InChI=1S/C16H23N5O4/c1-21-13-12(14(22)20-16(21)23)18-15(19-13)17-7-6-9-4-5-10(24-2)11(8-9)25-3/h4-5,8,12-13,15,17-19H,6-7H2,1-3H3,(H,20,22,23). The highest BCUT2D eigenvalue weighted by molar-refractivity contribution is 6.00. The quantitative estimate of drug-likeness (QED) is 0.532. The SMILES string of the molecule is COc1ccc(CCNC2NC3C(=O)NC(=O)N(C)C3N2)cc1OC. The minimum absolute atomic E-state index is 0.255. The third kappa shape index (κ3) is 3.53. The van der Waals surface area contributed by atoms with E-state index in [9.17, 15) is 9.59 Å². The number of fused-ring (bicyclic) bond motifs is 1. The van der Waals surface area contributed by atoms with Crippen molar-refractivity contribution in [3.05, 3.63) is 23.8 Å². The number of hydrogen-bond donors (Lipinski definition) is 4. The first kappa shape index (κ1) is 17.5. The van der Waals surface area contributed by atoms with Crippen LogP contribution in [0.2, 0.25) is 0 Å². The Labute approximate surface area is 146 Å². The summed E-state index contributed by atoms with van der Waals surface area (Å²) >= 11 is 0. The fourth-order valence-corrected chi connectivity index (χ4v) is 3.05. The Balaban J connectivity index is 1.53. The molecule has 0 spiro atoms. The highest BCUT2D eigenvalue weighted by Crippen LogP contribution is 2.27. The number of amides is 3. The second kappa shape index (κ2) is 7.26. The zero-order valence-electron chi connectivity index (χ0n) is 14.5. The third-order valence-corrected chi connectivity index (χ3v) is 4.46. The number of ether oxygens (including phenoxy) is 2. The first-order chi connectivity index (χ1) is 12.0. The fourth-order valence-electron chi connectivity index (χ4n) is 3.05. The number of carbonyl (C=O) groups excluding carboxylic acids is 2. The van der Waals surface area contributed by atoms with E-state index in [2.05, 4.69) is 21.3 Å². The molecule has 9 heteroatoms. The van der Waals surface area contributed by atoms with Gasteiger partial charge >= 0.3 is 6.03 Å². The van der Waals surface area contributed by atoms with Crippen molar-refractivity contribution in [2.75, 3.05) is 27.8 Å². The van der Waals surface area contributed by atoms with Gasteiger partial charge in [-0.25, -0.2) is 4.79 Å². The number of hydrogen-bond acceptors (Lipinski definition) is 7. The Morgan fingerprint density at radius 1 is 1.16 bits per heavy atom. The van der Waals surface area contributed by atoms with Gasteiger partial charge < -0.3 is 14.4 Å². The highest BCUT2D eigenvalue weighted by Gasteiger charge is 2.45. The molecule has 2 aliphatic rings. The van der Waals surface area contributed by atoms with Crippen molar-refractivity contribution in [1.82, 2.24) is 26.2 Å². The molecule has 3 rings (SSSR count). The molecule has 25 heavy (non-hydrogen) atoms. The van der Waals surface area contributed by atoms with E-state index in [4.69, 9.17) is 9.47 Å². The van der Waals surface area contributed by atoms with Crippen LogP contribution in [0.15, 0.2) is 18.2 Å². The van der Waals surface area contributed by atoms with E-state index in [1.165, 1.54) is 4.90 Å². The summed E-state index contributed by atoms with van der Waals surface area (Å²) in [7, 11) is 4.87. The first-order valence-corrected chi connectivity index (χ1v) is 8.07. The van der Waals surface area contributed by atoms with Crippen molar-refractivity contribution in [2.45, 2.75) is 24.9 Å². The number of nitrogens with one attached hydrogen (secondary N) is 4. The second-order valence-electron chi connectivity index (χ2n) is 5.99. The van der Waals surface area contributed by atoms with Gasteiger partial charge in [0.15, 0.2) is 11.5 Å². The molecule has 0 bridgehead atoms. The summed E-state index contributed by atoms with van der Waals surface area (Å²) in [6.07, 6.45) is 0.158. The molecule has 3 amide bonds. The molecule has 0 aliphatic carbocycles. The maximum atomic E-state index is 11.9. The van der Waals surface area contributed by atoms with E-state index in [-0.39, 0.29) is 18.4 Å². The molecule has 2 saturated heterocycles. The van der Waals surface area contributed by atoms with Crippen LogP contribution in [0.25, 0.3) is 0 Å². The van der Waals surface area contributed by atoms with E-state index in [0.29, 0.717) is 18.0 Å². The van der Waals surface area contributed by atoms with Crippen LogP contribution < -0.4 is 30.7 Å². The predicted molar refractivity (Wildman–Crippen MR) is 90.2 cm³/mol. The molecule has 1 aromatic rings. The van der Waals surface area contributed by atoms with Gasteiger partial charge in [0.2, 0.25) is 5.91 Å². The van der Waals surface area contributed by atoms with Crippen molar-refractivity contribution >= 4 is 11.9 Å². The van der Waals surface area contributed by atoms with Crippen molar-refractivity contribution in [1.29, 1.82) is 0 Å². The van der Waals surface area contributed by atoms with Crippen LogP contribution in [0.4, 0.5) is 4.79 Å². The lowest BCUT2D eigenvalue weighted by atomic mass is 10.1. The molecule has 2 heterocycles. The van der Waals surface area contributed by atoms with Gasteiger partial charge in [-0.15, -0.1) is 0 Å². The lowest BCUT2D eigenvalue weighted by Gasteiger charge is -2.32. The van der Waals surface area contributed by atoms with E-state index in [1.54, 1.807) is 21.3 Å². The van der Waals surface area contributed by atoms with Gasteiger partial charge in [-0.2, -0.15) is 0 Å². The summed E-state index contributed by atoms with van der Waals surface area (Å²) in [6, 6.07) is 4.93. The average Bonchev–Trinajstić information content (AvgIpc) is 3.04. The lowest BCUT2D eigenvalue weighted by Crippen LogP contribution is -2.64. The molecule has 4 N–H and O–H groups in total. The van der Waals surface area contributed by atoms with Crippen molar-refractivity contribution < 1.29 is 19.1 Å². The van der Waals surface area contributed by atoms with Crippen molar-refractivity contribution in [3.8, 4) is 11.5 Å². The number of carbonyl (C=O) groups is 2. The summed E-state index contributed by atoms with van der Waals surface area (Å²) in [4.78, 5) is 25.0. The Kier molecular flexibility index (Phi) is 5.07. The van der Waals surface area contributed by atoms with Crippen molar-refractivity contribution in [3.63, 3.8) is 0 Å². The van der Waals surface area contributed by atoms with Gasteiger partial charge in [-0.05, 0) is 24.1 Å². The molecule has 9 nitrogen and oxygen atoms in total. The molecule has 0 aromatic heterocycles. The van der Waals surface area contributed by atoms with Crippen LogP contribution in [0, 0.1) is 0 Å². The molecule has 136 valence electrons. The fraction of sp³-hybridized carbons (Fsp3) is 0.500. The minimum Gasteiger partial charge on any atom is -0.493 e. The number of imide groups is 1. The van der Waals surface area contributed by atoms with E-state index >= 15 is 0 Å². The number of rotatable bonds is 6. The Morgan fingerprint density at radius 2 is 1.92 bits per heavy atom. The largest absolute Gasteiger partial charge is 0.493 e. The topological polar surface area (TPSA) is 104 Å². The Morgan fingerprint density at radius 3 is 2.64 bits per heavy atom. The highest BCUT2D eigenvalue weighted by atomic mass is 16.5. The molecule has 0 radical (unpaired) electrons. The zero-order chi connectivity index (χ0) is 18.0. The van der Waals surface area contributed by atoms with Gasteiger partial charge in [0.05, 0.1) is 14.2 Å². The molecule has 3 atom stereocenters. The van der Waals surface area contributed by atoms with Crippen LogP contribution in [0.1, 0.15) is 5.56 Å². The summed E-state index contributed by atoms with van der Waals surface area (Å²) < 4.78 is 10.5. The average molecular weight is 349 g/mol. The Bertz CT molecular complexity index is 668. The van der Waals surface area contributed by atoms with Gasteiger partial charge in [0, 0.05) is 13.6 Å². The second-order valence-corrected chi connectivity index (χ2v) is 5.99. The molecule has 2 aliphatic heterocycles. The minimum atomic E-state index is -0.471. The van der Waals surface area contributed by atoms with Crippen LogP contribution in [0.5, 0.6) is 11.5 Å². The maximum absolute atomic E-state index is 11.9. The molecule has 0 saturated carbocycles. The number of urea groups is 1. The number of nitrogens with zero attached hydrogens (tertiary/aromatic N) is 1. The monoisotopic (exact) mass is 349 g/mol. The molecule has 1 aromatic carbocycles. The van der Waals surface area contributed by atoms with Gasteiger partial charge in [0.25, 0.3) is 0 Å². The molecular formula is C16H23N5O4. The van der Waals surface area contributed by atoms with Crippen LogP contribution >= 0.6 is 0 Å². The smallest absolute Gasteiger partial charge is 0.325 e. The van der Waals surface area contributed by atoms with E-state index < -0.39 is 12.1 Å². The van der Waals surface area contributed by atoms with Crippen LogP contribution in [-0.2, 0) is 11.2 Å². The van der Waals surface area contributed by atoms with E-state index in [0.717, 1.165) is 12.0 Å². The summed E-state index contributed by atoms with van der Waals surface area (Å²) in [6.45, 7) is 0.679. The predicted octanol–water partition coefficient (Wildman–Crippen LogP) is -0.811. The zero-order valence-corrected chi connectivity index (χ0v) is 14.5. The molecular weight excluding hydrogens is 326 g/mol. The van der Waals surface area contributed by atoms with Crippen LogP contribution in [0.3, 0.4) is 0 Å². The van der Waals surface area contributed by atoms with Gasteiger partial charge in [-0.3, -0.25) is 26.1 Å². The third-order valence-electron chi connectivity index (χ3n) is 4.46. The normalized spacial score (nSPS) is 25.6. The maximum Gasteiger partial charge on any atom is 0.325 e. The first-order valence-electron chi connectivity index (χ1n) is 8.07. The Hall–Kier alpha value is -2.36. The number of benzene rings is 1. The summed E-state index contributed by atoms with van der Waals surface area (Å²) in [5.74, 6) is 1.07. The number of likely N-dealkylation sites (N-methyl/N-ethyl adjacent to an activating group) is 1. The summed E-state index contributed by atoms with van der Waals surface area (Å²) in [5.41, 5.74) is 1.10. The lowest BCUT2D eigenvalue weighted by molar-refractivity contribution is -0.124. The van der Waals surface area contributed by atoms with E-state index in [1.807, 2.05) is 18.2 Å². The van der Waals surface area contributed by atoms with Gasteiger partial charge in [-0.1, -0.05) is 6.07 Å². The van der Waals surface area contributed by atoms with Gasteiger partial charge in [0.1, 0.15) is 18.5 Å². The molecule has 3 unspecified atom stereocenters. The van der Waals surface area contributed by atoms with Crippen LogP contribution in [-0.4, -0.2) is 63.1 Å². The number of methoxy groups -OCH3 is 2.